The zero-order valence-corrected chi connectivity index (χ0v) is 18.1. The van der Waals surface area contributed by atoms with Crippen LogP contribution in [0.3, 0.4) is 0 Å². The number of ether oxygens (including phenoxy) is 1. The normalized spacial score (nSPS) is 10.9. The molecule has 0 bridgehead atoms. The number of unbranched alkanes of at least 4 members (excludes halogenated alkanes) is 1. The Bertz CT molecular complexity index is 1160. The molecule has 0 spiro atoms. The van der Waals surface area contributed by atoms with Crippen LogP contribution in [-0.4, -0.2) is 17.5 Å². The molecule has 158 valence electrons. The van der Waals surface area contributed by atoms with Crippen molar-refractivity contribution < 1.29 is 13.9 Å². The summed E-state index contributed by atoms with van der Waals surface area (Å²) in [5.41, 5.74) is 1.78. The number of aromatic nitrogens is 1. The molecule has 0 aliphatic rings. The zero-order valence-electron chi connectivity index (χ0n) is 17.3. The van der Waals surface area contributed by atoms with Crippen LogP contribution in [-0.2, 0) is 6.54 Å². The molecule has 0 N–H and O–H groups in total. The molecule has 0 radical (unpaired) electrons. The fraction of sp³-hybridized carbons (Fsp3) is 0.200. The highest BCUT2D eigenvalue weighted by molar-refractivity contribution is 7.22. The summed E-state index contributed by atoms with van der Waals surface area (Å²) in [5, 5.41) is 0.470. The number of fused-ring (bicyclic) bond motifs is 1. The smallest absolute Gasteiger partial charge is 0.260 e. The van der Waals surface area contributed by atoms with Crippen molar-refractivity contribution in [2.75, 3.05) is 11.5 Å². The molecule has 0 aliphatic carbocycles. The largest absolute Gasteiger partial charge is 0.494 e. The van der Waals surface area contributed by atoms with Gasteiger partial charge < -0.3 is 4.74 Å². The number of thiazole rings is 1. The third-order valence-electron chi connectivity index (χ3n) is 4.89. The number of halogens is 1. The van der Waals surface area contributed by atoms with E-state index in [-0.39, 0.29) is 17.2 Å². The third-order valence-corrected chi connectivity index (χ3v) is 5.93. The highest BCUT2D eigenvalue weighted by Gasteiger charge is 2.22. The second-order valence-corrected chi connectivity index (χ2v) is 8.20. The van der Waals surface area contributed by atoms with Crippen molar-refractivity contribution in [2.45, 2.75) is 26.3 Å². The van der Waals surface area contributed by atoms with E-state index in [0.717, 1.165) is 24.2 Å². The molecular weight excluding hydrogens is 411 g/mol. The van der Waals surface area contributed by atoms with Gasteiger partial charge in [0.25, 0.3) is 5.91 Å². The summed E-state index contributed by atoms with van der Waals surface area (Å²) in [6, 6.07) is 21.7. The Hall–Kier alpha value is -3.25. The molecule has 31 heavy (non-hydrogen) atoms. The fourth-order valence-corrected chi connectivity index (χ4v) is 4.17. The van der Waals surface area contributed by atoms with Crippen molar-refractivity contribution in [3.8, 4) is 5.75 Å². The summed E-state index contributed by atoms with van der Waals surface area (Å²) in [6.45, 7) is 3.11. The van der Waals surface area contributed by atoms with Crippen LogP contribution < -0.4 is 9.64 Å². The van der Waals surface area contributed by atoms with Gasteiger partial charge >= 0.3 is 0 Å². The maximum Gasteiger partial charge on any atom is 0.260 e. The molecule has 0 saturated heterocycles. The van der Waals surface area contributed by atoms with Crippen LogP contribution in [0.2, 0.25) is 0 Å². The predicted molar refractivity (Wildman–Crippen MR) is 123 cm³/mol. The van der Waals surface area contributed by atoms with Crippen molar-refractivity contribution in [1.29, 1.82) is 0 Å². The van der Waals surface area contributed by atoms with E-state index in [9.17, 15) is 9.18 Å². The maximum atomic E-state index is 14.2. The van der Waals surface area contributed by atoms with Crippen molar-refractivity contribution in [3.63, 3.8) is 0 Å². The monoisotopic (exact) mass is 434 g/mol. The van der Waals surface area contributed by atoms with Gasteiger partial charge in [0.2, 0.25) is 0 Å². The second kappa shape index (κ2) is 9.71. The summed E-state index contributed by atoms with van der Waals surface area (Å²) in [4.78, 5) is 19.5. The Kier molecular flexibility index (Phi) is 6.57. The van der Waals surface area contributed by atoms with Crippen LogP contribution in [0.1, 0.15) is 35.7 Å². The van der Waals surface area contributed by atoms with E-state index in [4.69, 9.17) is 4.74 Å². The van der Waals surface area contributed by atoms with Crippen LogP contribution in [0.15, 0.2) is 72.8 Å². The molecule has 0 aliphatic heterocycles. The molecule has 3 aromatic carbocycles. The quantitative estimate of drug-likeness (QED) is 0.299. The van der Waals surface area contributed by atoms with E-state index in [1.165, 1.54) is 17.4 Å². The van der Waals surface area contributed by atoms with E-state index >= 15 is 0 Å². The summed E-state index contributed by atoms with van der Waals surface area (Å²) in [6.07, 6.45) is 2.05. The predicted octanol–water partition coefficient (Wildman–Crippen LogP) is 6.46. The molecule has 1 amide bonds. The Labute approximate surface area is 184 Å². The van der Waals surface area contributed by atoms with Gasteiger partial charge in [0.05, 0.1) is 17.9 Å². The summed E-state index contributed by atoms with van der Waals surface area (Å²) in [7, 11) is 0. The Balaban J connectivity index is 1.64. The lowest BCUT2D eigenvalue weighted by Gasteiger charge is -2.20. The molecule has 1 aromatic heterocycles. The van der Waals surface area contributed by atoms with Gasteiger partial charge in [-0.25, -0.2) is 9.37 Å². The van der Waals surface area contributed by atoms with Gasteiger partial charge in [-0.2, -0.15) is 0 Å². The average molecular weight is 435 g/mol. The lowest BCUT2D eigenvalue weighted by Crippen LogP contribution is -2.30. The van der Waals surface area contributed by atoms with Gasteiger partial charge in [0, 0.05) is 5.56 Å². The van der Waals surface area contributed by atoms with Crippen molar-refractivity contribution in [2.24, 2.45) is 0 Å². The van der Waals surface area contributed by atoms with Crippen molar-refractivity contribution in [3.05, 3.63) is 89.7 Å². The Morgan fingerprint density at radius 1 is 1.03 bits per heavy atom. The number of carbonyl (C=O) groups excluding carboxylic acids is 1. The van der Waals surface area contributed by atoms with Gasteiger partial charge in [0.1, 0.15) is 17.1 Å². The zero-order chi connectivity index (χ0) is 21.6. The topological polar surface area (TPSA) is 42.4 Å². The van der Waals surface area contributed by atoms with Crippen LogP contribution in [0.4, 0.5) is 9.52 Å². The van der Waals surface area contributed by atoms with Gasteiger partial charge in [-0.3, -0.25) is 9.69 Å². The van der Waals surface area contributed by atoms with Crippen molar-refractivity contribution >= 4 is 32.6 Å². The molecular formula is C25H23FN2O2S. The standard InChI is InChI=1S/C25H23FN2O2S/c1-2-3-16-30-20-14-12-19(13-15-20)24(29)28(17-18-8-5-4-6-9-18)25-27-23-21(26)10-7-11-22(23)31-25/h4-15H,2-3,16-17H2,1H3. The molecule has 0 unspecified atom stereocenters. The molecule has 0 atom stereocenters. The lowest BCUT2D eigenvalue weighted by molar-refractivity contribution is 0.0985. The first-order chi connectivity index (χ1) is 15.2. The number of benzene rings is 3. The molecule has 0 saturated carbocycles. The number of amides is 1. The third kappa shape index (κ3) is 4.91. The van der Waals surface area contributed by atoms with Crippen LogP contribution in [0.5, 0.6) is 5.75 Å². The molecule has 4 nitrogen and oxygen atoms in total. The van der Waals surface area contributed by atoms with E-state index in [1.807, 2.05) is 48.5 Å². The fourth-order valence-electron chi connectivity index (χ4n) is 3.19. The number of hydrogen-bond acceptors (Lipinski definition) is 4. The van der Waals surface area contributed by atoms with E-state index in [2.05, 4.69) is 11.9 Å². The minimum atomic E-state index is -0.388. The van der Waals surface area contributed by atoms with Gasteiger partial charge in [-0.15, -0.1) is 0 Å². The van der Waals surface area contributed by atoms with Gasteiger partial charge in [-0.05, 0) is 48.4 Å². The number of hydrogen-bond donors (Lipinski definition) is 0. The molecule has 6 heteroatoms. The van der Waals surface area contributed by atoms with Gasteiger partial charge in [0.15, 0.2) is 5.13 Å². The van der Waals surface area contributed by atoms with Crippen LogP contribution >= 0.6 is 11.3 Å². The summed E-state index contributed by atoms with van der Waals surface area (Å²) < 4.78 is 20.6. The van der Waals surface area contributed by atoms with E-state index < -0.39 is 0 Å². The first kappa shape index (κ1) is 21.0. The molecule has 4 rings (SSSR count). The minimum Gasteiger partial charge on any atom is -0.494 e. The molecule has 4 aromatic rings. The first-order valence-corrected chi connectivity index (χ1v) is 11.1. The SMILES string of the molecule is CCCCOc1ccc(C(=O)N(Cc2ccccc2)c2nc3c(F)cccc3s2)cc1. The lowest BCUT2D eigenvalue weighted by atomic mass is 10.1. The van der Waals surface area contributed by atoms with Crippen LogP contribution in [0, 0.1) is 5.82 Å². The highest BCUT2D eigenvalue weighted by atomic mass is 32.1. The molecule has 1 heterocycles. The van der Waals surface area contributed by atoms with E-state index in [1.54, 1.807) is 23.1 Å². The Morgan fingerprint density at radius 3 is 2.52 bits per heavy atom. The number of nitrogens with zero attached hydrogens (tertiary/aromatic N) is 2. The van der Waals surface area contributed by atoms with Gasteiger partial charge in [-0.1, -0.05) is 61.1 Å². The number of rotatable bonds is 8. The maximum absolute atomic E-state index is 14.2. The Morgan fingerprint density at radius 2 is 1.81 bits per heavy atom. The molecule has 0 fully saturated rings. The second-order valence-electron chi connectivity index (χ2n) is 7.19. The first-order valence-electron chi connectivity index (χ1n) is 10.3. The van der Waals surface area contributed by atoms with E-state index in [0.29, 0.717) is 28.5 Å². The number of anilines is 1. The van der Waals surface area contributed by atoms with Crippen LogP contribution in [0.25, 0.3) is 10.2 Å². The average Bonchev–Trinajstić information content (AvgIpc) is 3.24. The summed E-state index contributed by atoms with van der Waals surface area (Å²) >= 11 is 1.31. The number of para-hydroxylation sites is 1. The highest BCUT2D eigenvalue weighted by Crippen LogP contribution is 2.32. The minimum absolute atomic E-state index is 0.191. The number of carbonyl (C=O) groups is 1. The van der Waals surface area contributed by atoms with Crippen molar-refractivity contribution in [1.82, 2.24) is 4.98 Å². The summed E-state index contributed by atoms with van der Waals surface area (Å²) in [5.74, 6) is 0.158.